The highest BCUT2D eigenvalue weighted by Gasteiger charge is 2.25. The summed E-state index contributed by atoms with van der Waals surface area (Å²) in [6.45, 7) is 0. The third kappa shape index (κ3) is 1.36. The van der Waals surface area contributed by atoms with Crippen LogP contribution in [0.5, 0.6) is 0 Å². The highest BCUT2D eigenvalue weighted by atomic mass is 16.1. The van der Waals surface area contributed by atoms with E-state index in [2.05, 4.69) is 5.32 Å². The van der Waals surface area contributed by atoms with E-state index in [0.717, 1.165) is 16.7 Å². The lowest BCUT2D eigenvalue weighted by Crippen LogP contribution is -1.98. The fourth-order valence-electron chi connectivity index (χ4n) is 2.19. The van der Waals surface area contributed by atoms with E-state index in [1.165, 1.54) is 0 Å². The molecule has 1 aliphatic carbocycles. The zero-order valence-electron chi connectivity index (χ0n) is 8.94. The molecule has 2 aromatic rings. The molecule has 3 nitrogen and oxygen atoms in total. The van der Waals surface area contributed by atoms with E-state index in [4.69, 9.17) is 0 Å². The number of hydrogen-bond donors (Lipinski definition) is 1. The van der Waals surface area contributed by atoms with Crippen LogP contribution in [-0.4, -0.2) is 12.2 Å². The summed E-state index contributed by atoms with van der Waals surface area (Å²) in [5.41, 5.74) is 3.91. The van der Waals surface area contributed by atoms with Gasteiger partial charge in [-0.05, 0) is 23.3 Å². The van der Waals surface area contributed by atoms with Crippen LogP contribution in [0.25, 0.3) is 11.1 Å². The summed E-state index contributed by atoms with van der Waals surface area (Å²) in [4.78, 5) is 22.5. The molecule has 17 heavy (non-hydrogen) atoms. The second-order valence-electron chi connectivity index (χ2n) is 3.90. The summed E-state index contributed by atoms with van der Waals surface area (Å²) < 4.78 is 0. The van der Waals surface area contributed by atoms with Gasteiger partial charge in [-0.1, -0.05) is 30.3 Å². The third-order valence-corrected chi connectivity index (χ3v) is 2.95. The molecule has 2 aromatic carbocycles. The summed E-state index contributed by atoms with van der Waals surface area (Å²) in [7, 11) is 0. The van der Waals surface area contributed by atoms with Gasteiger partial charge in [0, 0.05) is 16.8 Å². The van der Waals surface area contributed by atoms with E-state index < -0.39 is 0 Å². The standard InChI is InChI=1S/C14H9NO2/c16-8-15-9-5-6-11-10-3-1-2-4-12(10)14(17)13(11)7-9/h1-8H,(H,15,16). The first-order valence-corrected chi connectivity index (χ1v) is 5.29. The Morgan fingerprint density at radius 2 is 1.59 bits per heavy atom. The van der Waals surface area contributed by atoms with Crippen molar-refractivity contribution >= 4 is 17.9 Å². The van der Waals surface area contributed by atoms with Crippen molar-refractivity contribution in [3.05, 3.63) is 53.6 Å². The summed E-state index contributed by atoms with van der Waals surface area (Å²) in [5, 5.41) is 2.55. The molecule has 0 radical (unpaired) electrons. The number of carbonyl (C=O) groups is 2. The van der Waals surface area contributed by atoms with Gasteiger partial charge >= 0.3 is 0 Å². The lowest BCUT2D eigenvalue weighted by molar-refractivity contribution is -0.105. The fraction of sp³-hybridized carbons (Fsp3) is 0. The SMILES string of the molecule is O=CNc1ccc2c(c1)C(=O)c1ccccc1-2. The second-order valence-corrected chi connectivity index (χ2v) is 3.90. The van der Waals surface area contributed by atoms with Gasteiger partial charge in [0.05, 0.1) is 0 Å². The number of carbonyl (C=O) groups excluding carboxylic acids is 2. The third-order valence-electron chi connectivity index (χ3n) is 2.95. The molecule has 0 atom stereocenters. The van der Waals surface area contributed by atoms with E-state index in [1.807, 2.05) is 30.3 Å². The van der Waals surface area contributed by atoms with Crippen LogP contribution in [0.1, 0.15) is 15.9 Å². The maximum atomic E-state index is 12.1. The number of rotatable bonds is 2. The number of hydrogen-bond acceptors (Lipinski definition) is 2. The number of ketones is 1. The largest absolute Gasteiger partial charge is 0.329 e. The first kappa shape index (κ1) is 9.78. The van der Waals surface area contributed by atoms with E-state index in [0.29, 0.717) is 17.7 Å². The van der Waals surface area contributed by atoms with Gasteiger partial charge in [-0.3, -0.25) is 9.59 Å². The van der Waals surface area contributed by atoms with Crippen LogP contribution in [0, 0.1) is 0 Å². The van der Waals surface area contributed by atoms with Crippen LogP contribution in [0.2, 0.25) is 0 Å². The Kier molecular flexibility index (Phi) is 2.05. The zero-order chi connectivity index (χ0) is 11.8. The maximum absolute atomic E-state index is 12.1. The average Bonchev–Trinajstić information content (AvgIpc) is 2.65. The Morgan fingerprint density at radius 1 is 0.882 bits per heavy atom. The lowest BCUT2D eigenvalue weighted by atomic mass is 10.1. The summed E-state index contributed by atoms with van der Waals surface area (Å²) in [6.07, 6.45) is 0.605. The predicted octanol–water partition coefficient (Wildman–Crippen LogP) is 2.47. The molecule has 1 amide bonds. The Labute approximate surface area is 98.1 Å². The molecule has 0 fully saturated rings. The molecule has 3 heteroatoms. The first-order chi connectivity index (χ1) is 8.31. The van der Waals surface area contributed by atoms with Gasteiger partial charge in [-0.25, -0.2) is 0 Å². The van der Waals surface area contributed by atoms with Crippen molar-refractivity contribution in [2.75, 3.05) is 5.32 Å². The van der Waals surface area contributed by atoms with E-state index in [1.54, 1.807) is 12.1 Å². The lowest BCUT2D eigenvalue weighted by Gasteiger charge is -2.02. The minimum Gasteiger partial charge on any atom is -0.329 e. The molecule has 0 heterocycles. The monoisotopic (exact) mass is 223 g/mol. The van der Waals surface area contributed by atoms with Crippen molar-refractivity contribution in [1.82, 2.24) is 0 Å². The molecule has 0 bridgehead atoms. The Balaban J connectivity index is 2.20. The van der Waals surface area contributed by atoms with Gasteiger partial charge in [-0.15, -0.1) is 0 Å². The normalized spacial score (nSPS) is 11.9. The molecule has 0 spiro atoms. The van der Waals surface area contributed by atoms with Gasteiger partial charge in [0.2, 0.25) is 6.41 Å². The van der Waals surface area contributed by atoms with Crippen LogP contribution >= 0.6 is 0 Å². The van der Waals surface area contributed by atoms with Gasteiger partial charge in [-0.2, -0.15) is 0 Å². The highest BCUT2D eigenvalue weighted by molar-refractivity contribution is 6.22. The van der Waals surface area contributed by atoms with Gasteiger partial charge in [0.1, 0.15) is 0 Å². The maximum Gasteiger partial charge on any atom is 0.211 e. The van der Waals surface area contributed by atoms with E-state index in [-0.39, 0.29) is 5.78 Å². The van der Waals surface area contributed by atoms with Crippen LogP contribution in [0.15, 0.2) is 42.5 Å². The number of benzene rings is 2. The first-order valence-electron chi connectivity index (χ1n) is 5.29. The van der Waals surface area contributed by atoms with E-state index >= 15 is 0 Å². The van der Waals surface area contributed by atoms with Crippen molar-refractivity contribution in [2.24, 2.45) is 0 Å². The second kappa shape index (κ2) is 3.56. The van der Waals surface area contributed by atoms with E-state index in [9.17, 15) is 9.59 Å². The Hall–Kier alpha value is -2.42. The number of fused-ring (bicyclic) bond motifs is 3. The predicted molar refractivity (Wildman–Crippen MR) is 65.0 cm³/mol. The number of amides is 1. The molecule has 0 aromatic heterocycles. The van der Waals surface area contributed by atoms with Crippen molar-refractivity contribution in [2.45, 2.75) is 0 Å². The van der Waals surface area contributed by atoms with Crippen LogP contribution in [-0.2, 0) is 4.79 Å². The zero-order valence-corrected chi connectivity index (χ0v) is 8.94. The van der Waals surface area contributed by atoms with Crippen LogP contribution in [0.3, 0.4) is 0 Å². The molecule has 0 saturated heterocycles. The van der Waals surface area contributed by atoms with Crippen LogP contribution in [0.4, 0.5) is 5.69 Å². The highest BCUT2D eigenvalue weighted by Crippen LogP contribution is 2.37. The molecule has 0 saturated carbocycles. The molecule has 0 aliphatic heterocycles. The van der Waals surface area contributed by atoms with Crippen LogP contribution < -0.4 is 5.32 Å². The van der Waals surface area contributed by atoms with Gasteiger partial charge in [0.25, 0.3) is 0 Å². The topological polar surface area (TPSA) is 46.2 Å². The minimum atomic E-state index is 0.0187. The summed E-state index contributed by atoms with van der Waals surface area (Å²) in [6, 6.07) is 12.9. The quantitative estimate of drug-likeness (QED) is 0.678. The van der Waals surface area contributed by atoms with Crippen molar-refractivity contribution in [3.63, 3.8) is 0 Å². The van der Waals surface area contributed by atoms with Crippen molar-refractivity contribution in [3.8, 4) is 11.1 Å². The number of nitrogens with one attached hydrogen (secondary N) is 1. The molecule has 1 N–H and O–H groups in total. The summed E-state index contributed by atoms with van der Waals surface area (Å²) >= 11 is 0. The molecule has 82 valence electrons. The Morgan fingerprint density at radius 3 is 2.35 bits per heavy atom. The van der Waals surface area contributed by atoms with Gasteiger partial charge < -0.3 is 5.32 Å². The summed E-state index contributed by atoms with van der Waals surface area (Å²) in [5.74, 6) is 0.0187. The molecule has 3 rings (SSSR count). The smallest absolute Gasteiger partial charge is 0.211 e. The van der Waals surface area contributed by atoms with Gasteiger partial charge in [0.15, 0.2) is 5.78 Å². The minimum absolute atomic E-state index is 0.0187. The molecular weight excluding hydrogens is 214 g/mol. The Bertz CT molecular complexity index is 632. The molecular formula is C14H9NO2. The van der Waals surface area contributed by atoms with Crippen molar-refractivity contribution in [1.29, 1.82) is 0 Å². The fourth-order valence-corrected chi connectivity index (χ4v) is 2.19. The number of anilines is 1. The van der Waals surface area contributed by atoms with Crippen molar-refractivity contribution < 1.29 is 9.59 Å². The average molecular weight is 223 g/mol. The molecule has 0 unspecified atom stereocenters. The molecule has 1 aliphatic rings.